The molecule has 0 aromatic carbocycles. The molecule has 76 valence electrons. The first-order valence-electron chi connectivity index (χ1n) is 3.57. The first kappa shape index (κ1) is 11.5. The molecule has 0 radical (unpaired) electrons. The molecule has 0 bridgehead atoms. The van der Waals surface area contributed by atoms with Crippen LogP contribution in [0.25, 0.3) is 0 Å². The molecule has 1 aromatic rings. The molecular formula is C7H7ClN2O2S2. The Kier molecular flexibility index (Phi) is 3.50. The lowest BCUT2D eigenvalue weighted by molar-refractivity contribution is 0.504. The predicted molar refractivity (Wildman–Crippen MR) is 54.8 cm³/mol. The van der Waals surface area contributed by atoms with Crippen molar-refractivity contribution in [2.75, 3.05) is 13.6 Å². The summed E-state index contributed by atoms with van der Waals surface area (Å²) in [5.74, 6) is 0. The molecule has 0 atom stereocenters. The molecule has 0 saturated carbocycles. The average Bonchev–Trinajstić information content (AvgIpc) is 2.52. The van der Waals surface area contributed by atoms with E-state index in [2.05, 4.69) is 0 Å². The lowest BCUT2D eigenvalue weighted by atomic mass is 10.7. The third kappa shape index (κ3) is 2.25. The van der Waals surface area contributed by atoms with Crippen molar-refractivity contribution in [3.8, 4) is 6.07 Å². The molecule has 1 aromatic heterocycles. The highest BCUT2D eigenvalue weighted by Crippen LogP contribution is 2.27. The summed E-state index contributed by atoms with van der Waals surface area (Å²) in [6.45, 7) is -0.169. The van der Waals surface area contributed by atoms with Crippen LogP contribution in [0.1, 0.15) is 0 Å². The van der Waals surface area contributed by atoms with Crippen molar-refractivity contribution in [3.05, 3.63) is 16.5 Å². The van der Waals surface area contributed by atoms with E-state index >= 15 is 0 Å². The fourth-order valence-corrected chi connectivity index (χ4v) is 3.54. The summed E-state index contributed by atoms with van der Waals surface area (Å²) in [6.07, 6.45) is 0. The van der Waals surface area contributed by atoms with Crippen molar-refractivity contribution in [2.45, 2.75) is 4.21 Å². The van der Waals surface area contributed by atoms with E-state index in [1.807, 2.05) is 0 Å². The van der Waals surface area contributed by atoms with E-state index in [9.17, 15) is 8.42 Å². The maximum Gasteiger partial charge on any atom is 0.253 e. The largest absolute Gasteiger partial charge is 0.253 e. The van der Waals surface area contributed by atoms with E-state index < -0.39 is 10.0 Å². The van der Waals surface area contributed by atoms with Crippen molar-refractivity contribution >= 4 is 33.0 Å². The van der Waals surface area contributed by atoms with Gasteiger partial charge in [-0.25, -0.2) is 8.42 Å². The zero-order valence-corrected chi connectivity index (χ0v) is 9.66. The fourth-order valence-electron chi connectivity index (χ4n) is 0.774. The Morgan fingerprint density at radius 2 is 2.29 bits per heavy atom. The molecule has 7 heteroatoms. The molecule has 0 spiro atoms. The average molecular weight is 251 g/mol. The summed E-state index contributed by atoms with van der Waals surface area (Å²) in [5, 5.41) is 8.37. The van der Waals surface area contributed by atoms with E-state index in [4.69, 9.17) is 16.9 Å². The number of rotatable bonds is 3. The quantitative estimate of drug-likeness (QED) is 0.765. The second-order valence-corrected chi connectivity index (χ2v) is 6.46. The van der Waals surface area contributed by atoms with Crippen LogP contribution >= 0.6 is 22.9 Å². The van der Waals surface area contributed by atoms with Crippen LogP contribution in [0.3, 0.4) is 0 Å². The van der Waals surface area contributed by atoms with Gasteiger partial charge in [-0.1, -0.05) is 11.6 Å². The van der Waals surface area contributed by atoms with Crippen LogP contribution in [-0.4, -0.2) is 26.3 Å². The van der Waals surface area contributed by atoms with Crippen molar-refractivity contribution < 1.29 is 8.42 Å². The predicted octanol–water partition coefficient (Wildman–Crippen LogP) is 1.55. The molecule has 0 saturated heterocycles. The van der Waals surface area contributed by atoms with Gasteiger partial charge in [0, 0.05) is 7.05 Å². The van der Waals surface area contributed by atoms with Crippen LogP contribution in [0.15, 0.2) is 16.3 Å². The van der Waals surface area contributed by atoms with E-state index in [1.165, 1.54) is 19.2 Å². The SMILES string of the molecule is CN(CC#N)S(=O)(=O)c1ccc(Cl)s1. The van der Waals surface area contributed by atoms with Gasteiger partial charge in [0.15, 0.2) is 0 Å². The maximum absolute atomic E-state index is 11.7. The first-order chi connectivity index (χ1) is 6.48. The van der Waals surface area contributed by atoms with Gasteiger partial charge in [-0.15, -0.1) is 11.3 Å². The highest BCUT2D eigenvalue weighted by molar-refractivity contribution is 7.91. The van der Waals surface area contributed by atoms with Crippen molar-refractivity contribution in [2.24, 2.45) is 0 Å². The van der Waals surface area contributed by atoms with Crippen molar-refractivity contribution in [1.29, 1.82) is 5.26 Å². The van der Waals surface area contributed by atoms with Crippen LogP contribution in [0.4, 0.5) is 0 Å². The number of nitriles is 1. The number of hydrogen-bond acceptors (Lipinski definition) is 4. The first-order valence-corrected chi connectivity index (χ1v) is 6.20. The van der Waals surface area contributed by atoms with Gasteiger partial charge in [-0.2, -0.15) is 9.57 Å². The van der Waals surface area contributed by atoms with Crippen LogP contribution < -0.4 is 0 Å². The van der Waals surface area contributed by atoms with Gasteiger partial charge in [0.25, 0.3) is 10.0 Å². The molecule has 0 aliphatic heterocycles. The molecule has 0 fully saturated rings. The Morgan fingerprint density at radius 1 is 1.64 bits per heavy atom. The van der Waals surface area contributed by atoms with Crippen LogP contribution in [0, 0.1) is 11.3 Å². The third-order valence-electron chi connectivity index (χ3n) is 1.51. The Bertz CT molecular complexity index is 460. The summed E-state index contributed by atoms with van der Waals surface area (Å²) in [5.41, 5.74) is 0. The number of sulfonamides is 1. The van der Waals surface area contributed by atoms with Gasteiger partial charge in [0.05, 0.1) is 10.4 Å². The van der Waals surface area contributed by atoms with Gasteiger partial charge < -0.3 is 0 Å². The molecular weight excluding hydrogens is 244 g/mol. The Morgan fingerprint density at radius 3 is 2.71 bits per heavy atom. The second kappa shape index (κ2) is 4.28. The van der Waals surface area contributed by atoms with Gasteiger partial charge >= 0.3 is 0 Å². The number of hydrogen-bond donors (Lipinski definition) is 0. The molecule has 0 N–H and O–H groups in total. The lowest BCUT2D eigenvalue weighted by Gasteiger charge is -2.10. The van der Waals surface area contributed by atoms with E-state index in [0.29, 0.717) is 4.34 Å². The minimum absolute atomic E-state index is 0.153. The number of nitrogens with zero attached hydrogens (tertiary/aromatic N) is 2. The maximum atomic E-state index is 11.7. The standard InChI is InChI=1S/C7H7ClN2O2S2/c1-10(5-4-9)14(11,12)7-3-2-6(8)13-7/h2-3H,5H2,1H3. The molecule has 0 unspecified atom stereocenters. The summed E-state index contributed by atoms with van der Waals surface area (Å²) in [4.78, 5) is 0. The summed E-state index contributed by atoms with van der Waals surface area (Å²) >= 11 is 6.59. The monoisotopic (exact) mass is 250 g/mol. The summed E-state index contributed by atoms with van der Waals surface area (Å²) in [7, 11) is -2.18. The van der Waals surface area contributed by atoms with E-state index in [1.54, 1.807) is 6.07 Å². The zero-order chi connectivity index (χ0) is 10.8. The Labute approximate surface area is 91.4 Å². The fraction of sp³-hybridized carbons (Fsp3) is 0.286. The molecule has 1 rings (SSSR count). The minimum Gasteiger partial charge on any atom is -0.206 e. The minimum atomic E-state index is -3.54. The Balaban J connectivity index is 3.03. The van der Waals surface area contributed by atoms with Gasteiger partial charge in [-0.3, -0.25) is 0 Å². The smallest absolute Gasteiger partial charge is 0.206 e. The van der Waals surface area contributed by atoms with Crippen molar-refractivity contribution in [1.82, 2.24) is 4.31 Å². The van der Waals surface area contributed by atoms with Gasteiger partial charge in [0.2, 0.25) is 0 Å². The third-order valence-corrected chi connectivity index (χ3v) is 5.01. The highest BCUT2D eigenvalue weighted by Gasteiger charge is 2.22. The van der Waals surface area contributed by atoms with E-state index in [0.717, 1.165) is 15.6 Å². The molecule has 4 nitrogen and oxygen atoms in total. The van der Waals surface area contributed by atoms with Crippen LogP contribution in [0.5, 0.6) is 0 Å². The summed E-state index contributed by atoms with van der Waals surface area (Å²) < 4.78 is 24.9. The van der Waals surface area contributed by atoms with Crippen LogP contribution in [-0.2, 0) is 10.0 Å². The molecule has 0 amide bonds. The Hall–Kier alpha value is -0.610. The van der Waals surface area contributed by atoms with Gasteiger partial charge in [-0.05, 0) is 12.1 Å². The molecule has 0 aliphatic carbocycles. The molecule has 0 aliphatic rings. The topological polar surface area (TPSA) is 61.2 Å². The molecule has 14 heavy (non-hydrogen) atoms. The number of thiophene rings is 1. The number of halogens is 1. The normalized spacial score (nSPS) is 11.6. The van der Waals surface area contributed by atoms with Crippen molar-refractivity contribution in [3.63, 3.8) is 0 Å². The highest BCUT2D eigenvalue weighted by atomic mass is 35.5. The molecule has 1 heterocycles. The van der Waals surface area contributed by atoms with E-state index in [-0.39, 0.29) is 10.8 Å². The summed E-state index contributed by atoms with van der Waals surface area (Å²) in [6, 6.07) is 4.71. The van der Waals surface area contributed by atoms with Crippen LogP contribution in [0.2, 0.25) is 4.34 Å². The zero-order valence-electron chi connectivity index (χ0n) is 7.27. The lowest BCUT2D eigenvalue weighted by Crippen LogP contribution is -2.26. The van der Waals surface area contributed by atoms with Gasteiger partial charge in [0.1, 0.15) is 10.8 Å². The second-order valence-electron chi connectivity index (χ2n) is 2.48.